The number of benzene rings is 1. The number of halogens is 2. The summed E-state index contributed by atoms with van der Waals surface area (Å²) in [5, 5.41) is 3.12. The summed E-state index contributed by atoms with van der Waals surface area (Å²) in [4.78, 5) is 12.6. The van der Waals surface area contributed by atoms with Crippen LogP contribution in [0.1, 0.15) is 24.4 Å². The van der Waals surface area contributed by atoms with Crippen molar-refractivity contribution in [2.75, 3.05) is 13.6 Å². The van der Waals surface area contributed by atoms with Crippen molar-refractivity contribution >= 4 is 6.41 Å². The third kappa shape index (κ3) is 2.51. The maximum atomic E-state index is 13.8. The van der Waals surface area contributed by atoms with E-state index in [-0.39, 0.29) is 11.6 Å². The minimum Gasteiger partial charge on any atom is -0.338 e. The van der Waals surface area contributed by atoms with Crippen LogP contribution in [0.5, 0.6) is 0 Å². The van der Waals surface area contributed by atoms with Crippen molar-refractivity contribution in [2.45, 2.75) is 24.9 Å². The van der Waals surface area contributed by atoms with Crippen LogP contribution in [-0.2, 0) is 4.79 Å². The Kier molecular flexibility index (Phi) is 3.91. The SMILES string of the molecule is CNC1CCN(C=O)C(c2cc(F)ccc2F)C1. The summed E-state index contributed by atoms with van der Waals surface area (Å²) in [5.41, 5.74) is 0.252. The average Bonchev–Trinajstić information content (AvgIpc) is 2.40. The van der Waals surface area contributed by atoms with E-state index in [1.165, 1.54) is 11.0 Å². The first-order valence-corrected chi connectivity index (χ1v) is 5.99. The molecular formula is C13H16F2N2O. The highest BCUT2D eigenvalue weighted by Crippen LogP contribution is 2.31. The van der Waals surface area contributed by atoms with Gasteiger partial charge in [-0.05, 0) is 38.1 Å². The Hall–Kier alpha value is -1.49. The highest BCUT2D eigenvalue weighted by Gasteiger charge is 2.30. The van der Waals surface area contributed by atoms with Crippen molar-refractivity contribution in [3.63, 3.8) is 0 Å². The zero-order chi connectivity index (χ0) is 13.1. The first-order valence-electron chi connectivity index (χ1n) is 5.99. The molecule has 2 unspecified atom stereocenters. The maximum absolute atomic E-state index is 13.8. The van der Waals surface area contributed by atoms with Gasteiger partial charge in [-0.25, -0.2) is 8.78 Å². The van der Waals surface area contributed by atoms with E-state index in [0.29, 0.717) is 19.4 Å². The highest BCUT2D eigenvalue weighted by molar-refractivity contribution is 5.49. The van der Waals surface area contributed by atoms with E-state index >= 15 is 0 Å². The molecule has 0 saturated carbocycles. The van der Waals surface area contributed by atoms with E-state index < -0.39 is 17.7 Å². The van der Waals surface area contributed by atoms with E-state index in [1.54, 1.807) is 0 Å². The van der Waals surface area contributed by atoms with Gasteiger partial charge in [0.15, 0.2) is 0 Å². The van der Waals surface area contributed by atoms with Crippen LogP contribution in [0.4, 0.5) is 8.78 Å². The van der Waals surface area contributed by atoms with Gasteiger partial charge >= 0.3 is 0 Å². The molecule has 5 heteroatoms. The monoisotopic (exact) mass is 254 g/mol. The second kappa shape index (κ2) is 5.44. The van der Waals surface area contributed by atoms with Crippen molar-refractivity contribution in [1.29, 1.82) is 0 Å². The molecule has 18 heavy (non-hydrogen) atoms. The third-order valence-electron chi connectivity index (χ3n) is 3.50. The first kappa shape index (κ1) is 13.0. The predicted octanol–water partition coefficient (Wildman–Crippen LogP) is 1.85. The Labute approximate surface area is 105 Å². The summed E-state index contributed by atoms with van der Waals surface area (Å²) in [6.45, 7) is 0.551. The molecule has 1 aromatic rings. The molecule has 3 nitrogen and oxygen atoms in total. The van der Waals surface area contributed by atoms with E-state index in [9.17, 15) is 13.6 Å². The number of hydrogen-bond acceptors (Lipinski definition) is 2. The molecule has 1 amide bonds. The van der Waals surface area contributed by atoms with Crippen LogP contribution in [0.3, 0.4) is 0 Å². The van der Waals surface area contributed by atoms with Gasteiger partial charge in [0, 0.05) is 18.2 Å². The van der Waals surface area contributed by atoms with Gasteiger partial charge in [-0.1, -0.05) is 0 Å². The number of carbonyl (C=O) groups is 1. The number of likely N-dealkylation sites (tertiary alicyclic amines) is 1. The van der Waals surface area contributed by atoms with Crippen LogP contribution in [0.2, 0.25) is 0 Å². The molecule has 1 aliphatic rings. The average molecular weight is 254 g/mol. The van der Waals surface area contributed by atoms with Gasteiger partial charge in [-0.3, -0.25) is 4.79 Å². The Morgan fingerprint density at radius 1 is 1.44 bits per heavy atom. The molecule has 1 N–H and O–H groups in total. The minimum absolute atomic E-state index is 0.217. The number of hydrogen-bond donors (Lipinski definition) is 1. The standard InChI is InChI=1S/C13H16F2N2O/c1-16-10-4-5-17(8-18)13(7-10)11-6-9(14)2-3-12(11)15/h2-3,6,8,10,13,16H,4-5,7H2,1H3. The molecule has 2 rings (SSSR count). The molecule has 0 aliphatic carbocycles. The molecule has 1 fully saturated rings. The second-order valence-corrected chi connectivity index (χ2v) is 4.53. The quantitative estimate of drug-likeness (QED) is 0.835. The molecular weight excluding hydrogens is 238 g/mol. The maximum Gasteiger partial charge on any atom is 0.210 e. The Morgan fingerprint density at radius 2 is 2.22 bits per heavy atom. The summed E-state index contributed by atoms with van der Waals surface area (Å²) >= 11 is 0. The lowest BCUT2D eigenvalue weighted by Crippen LogP contribution is -2.43. The van der Waals surface area contributed by atoms with Crippen molar-refractivity contribution in [1.82, 2.24) is 10.2 Å². The molecule has 0 aromatic heterocycles. The normalized spacial score (nSPS) is 24.1. The van der Waals surface area contributed by atoms with Gasteiger partial charge in [0.05, 0.1) is 6.04 Å². The highest BCUT2D eigenvalue weighted by atomic mass is 19.1. The summed E-state index contributed by atoms with van der Waals surface area (Å²) in [6.07, 6.45) is 2.12. The number of piperidine rings is 1. The third-order valence-corrected chi connectivity index (χ3v) is 3.50. The minimum atomic E-state index is -0.483. The lowest BCUT2D eigenvalue weighted by Gasteiger charge is -2.37. The Morgan fingerprint density at radius 3 is 2.89 bits per heavy atom. The topological polar surface area (TPSA) is 32.3 Å². The number of amides is 1. The van der Waals surface area contributed by atoms with Crippen molar-refractivity contribution in [2.24, 2.45) is 0 Å². The molecule has 1 aliphatic heterocycles. The summed E-state index contributed by atoms with van der Waals surface area (Å²) in [6, 6.07) is 3.19. The predicted molar refractivity (Wildman–Crippen MR) is 64.0 cm³/mol. The van der Waals surface area contributed by atoms with Crippen molar-refractivity contribution in [3.8, 4) is 0 Å². The fourth-order valence-electron chi connectivity index (χ4n) is 2.45. The van der Waals surface area contributed by atoms with Crippen LogP contribution in [0.25, 0.3) is 0 Å². The smallest absolute Gasteiger partial charge is 0.210 e. The summed E-state index contributed by atoms with van der Waals surface area (Å²) in [5.74, 6) is -0.950. The van der Waals surface area contributed by atoms with E-state index in [2.05, 4.69) is 5.32 Å². The zero-order valence-corrected chi connectivity index (χ0v) is 10.2. The largest absolute Gasteiger partial charge is 0.338 e. The van der Waals surface area contributed by atoms with E-state index in [4.69, 9.17) is 0 Å². The number of nitrogens with zero attached hydrogens (tertiary/aromatic N) is 1. The fourth-order valence-corrected chi connectivity index (χ4v) is 2.45. The van der Waals surface area contributed by atoms with Crippen LogP contribution in [0, 0.1) is 11.6 Å². The van der Waals surface area contributed by atoms with Gasteiger partial charge < -0.3 is 10.2 Å². The van der Waals surface area contributed by atoms with Crippen molar-refractivity contribution < 1.29 is 13.6 Å². The van der Waals surface area contributed by atoms with E-state index in [0.717, 1.165) is 18.6 Å². The summed E-state index contributed by atoms with van der Waals surface area (Å²) in [7, 11) is 1.83. The van der Waals surface area contributed by atoms with Crippen LogP contribution in [-0.4, -0.2) is 30.9 Å². The van der Waals surface area contributed by atoms with Crippen LogP contribution >= 0.6 is 0 Å². The molecule has 1 aromatic carbocycles. The van der Waals surface area contributed by atoms with Crippen LogP contribution < -0.4 is 5.32 Å². The molecule has 0 radical (unpaired) electrons. The molecule has 98 valence electrons. The van der Waals surface area contributed by atoms with Crippen LogP contribution in [0.15, 0.2) is 18.2 Å². The molecule has 2 atom stereocenters. The lowest BCUT2D eigenvalue weighted by atomic mass is 9.92. The molecule has 1 heterocycles. The van der Waals surface area contributed by atoms with Gasteiger partial charge in [0.1, 0.15) is 11.6 Å². The second-order valence-electron chi connectivity index (χ2n) is 4.53. The van der Waals surface area contributed by atoms with Gasteiger partial charge in [-0.2, -0.15) is 0 Å². The molecule has 1 saturated heterocycles. The lowest BCUT2D eigenvalue weighted by molar-refractivity contribution is -0.121. The number of carbonyl (C=O) groups excluding carboxylic acids is 1. The number of rotatable bonds is 3. The fraction of sp³-hybridized carbons (Fsp3) is 0.462. The van der Waals surface area contributed by atoms with Crippen molar-refractivity contribution in [3.05, 3.63) is 35.4 Å². The number of nitrogens with one attached hydrogen (secondary N) is 1. The summed E-state index contributed by atoms with van der Waals surface area (Å²) < 4.78 is 27.0. The van der Waals surface area contributed by atoms with Gasteiger partial charge in [0.2, 0.25) is 6.41 Å². The van der Waals surface area contributed by atoms with Gasteiger partial charge in [-0.15, -0.1) is 0 Å². The molecule has 0 bridgehead atoms. The zero-order valence-electron chi connectivity index (χ0n) is 10.2. The van der Waals surface area contributed by atoms with Gasteiger partial charge in [0.25, 0.3) is 0 Å². The Bertz CT molecular complexity index is 439. The Balaban J connectivity index is 2.32. The first-order chi connectivity index (χ1) is 8.65. The molecule has 0 spiro atoms. The van der Waals surface area contributed by atoms with E-state index in [1.807, 2.05) is 7.05 Å².